The van der Waals surface area contributed by atoms with Crippen LogP contribution in [0, 0.1) is 17.2 Å². The Bertz CT molecular complexity index is 472. The fraction of sp³-hybridized carbons (Fsp3) is 0.611. The zero-order valence-electron chi connectivity index (χ0n) is 13.2. The van der Waals surface area contributed by atoms with Crippen molar-refractivity contribution in [3.8, 4) is 11.8 Å². The Morgan fingerprint density at radius 1 is 1.24 bits per heavy atom. The number of para-hydroxylation sites is 1. The summed E-state index contributed by atoms with van der Waals surface area (Å²) in [5.41, 5.74) is 0.618. The van der Waals surface area contributed by atoms with Crippen LogP contribution in [-0.2, 0) is 0 Å². The molecule has 0 unspecified atom stereocenters. The zero-order chi connectivity index (χ0) is 15.1. The average molecular weight is 286 g/mol. The SMILES string of the molecule is CC1CCC(N(C)CCCOc2ccccc2C#N)CC1. The second kappa shape index (κ2) is 8.05. The molecule has 0 atom stereocenters. The van der Waals surface area contributed by atoms with E-state index in [1.807, 2.05) is 18.2 Å². The number of nitriles is 1. The molecule has 0 radical (unpaired) electrons. The van der Waals surface area contributed by atoms with Gasteiger partial charge in [0.25, 0.3) is 0 Å². The number of rotatable bonds is 6. The van der Waals surface area contributed by atoms with Crippen molar-refractivity contribution in [3.63, 3.8) is 0 Å². The molecule has 0 spiro atoms. The van der Waals surface area contributed by atoms with E-state index in [-0.39, 0.29) is 0 Å². The second-order valence-electron chi connectivity index (χ2n) is 6.20. The van der Waals surface area contributed by atoms with E-state index >= 15 is 0 Å². The summed E-state index contributed by atoms with van der Waals surface area (Å²) in [6.45, 7) is 4.09. The predicted molar refractivity (Wildman–Crippen MR) is 85.3 cm³/mol. The molecular weight excluding hydrogens is 260 g/mol. The lowest BCUT2D eigenvalue weighted by Gasteiger charge is -2.33. The molecule has 0 N–H and O–H groups in total. The Morgan fingerprint density at radius 2 is 1.95 bits per heavy atom. The first-order valence-electron chi connectivity index (χ1n) is 8.03. The molecule has 1 saturated carbocycles. The topological polar surface area (TPSA) is 36.3 Å². The first kappa shape index (κ1) is 15.9. The number of nitrogens with zero attached hydrogens (tertiary/aromatic N) is 2. The van der Waals surface area contributed by atoms with Gasteiger partial charge < -0.3 is 9.64 Å². The van der Waals surface area contributed by atoms with Gasteiger partial charge in [0.05, 0.1) is 12.2 Å². The molecule has 1 aromatic carbocycles. The van der Waals surface area contributed by atoms with Crippen molar-refractivity contribution in [2.24, 2.45) is 5.92 Å². The van der Waals surface area contributed by atoms with Crippen LogP contribution >= 0.6 is 0 Å². The van der Waals surface area contributed by atoms with Crippen molar-refractivity contribution < 1.29 is 4.74 Å². The normalized spacial score (nSPS) is 22.0. The van der Waals surface area contributed by atoms with Gasteiger partial charge in [-0.15, -0.1) is 0 Å². The maximum atomic E-state index is 9.02. The van der Waals surface area contributed by atoms with Gasteiger partial charge in [-0.05, 0) is 57.2 Å². The molecule has 0 saturated heterocycles. The van der Waals surface area contributed by atoms with Gasteiger partial charge in [-0.2, -0.15) is 5.26 Å². The molecule has 114 valence electrons. The minimum absolute atomic E-state index is 0.618. The third kappa shape index (κ3) is 4.75. The number of benzene rings is 1. The Morgan fingerprint density at radius 3 is 2.67 bits per heavy atom. The Balaban J connectivity index is 1.69. The second-order valence-corrected chi connectivity index (χ2v) is 6.20. The quantitative estimate of drug-likeness (QED) is 0.746. The largest absolute Gasteiger partial charge is 0.492 e. The summed E-state index contributed by atoms with van der Waals surface area (Å²) in [6.07, 6.45) is 6.38. The Hall–Kier alpha value is -1.53. The van der Waals surface area contributed by atoms with E-state index in [1.165, 1.54) is 25.7 Å². The molecule has 1 fully saturated rings. The summed E-state index contributed by atoms with van der Waals surface area (Å²) in [6, 6.07) is 10.3. The van der Waals surface area contributed by atoms with Crippen LogP contribution in [0.2, 0.25) is 0 Å². The van der Waals surface area contributed by atoms with E-state index < -0.39 is 0 Å². The van der Waals surface area contributed by atoms with Crippen molar-refractivity contribution in [3.05, 3.63) is 29.8 Å². The fourth-order valence-electron chi connectivity index (χ4n) is 3.05. The highest BCUT2D eigenvalue weighted by Gasteiger charge is 2.21. The van der Waals surface area contributed by atoms with Gasteiger partial charge in [-0.25, -0.2) is 0 Å². The van der Waals surface area contributed by atoms with Gasteiger partial charge in [0.15, 0.2) is 0 Å². The van der Waals surface area contributed by atoms with Crippen LogP contribution in [0.3, 0.4) is 0 Å². The molecule has 0 aromatic heterocycles. The van der Waals surface area contributed by atoms with E-state index in [1.54, 1.807) is 6.07 Å². The zero-order valence-corrected chi connectivity index (χ0v) is 13.2. The van der Waals surface area contributed by atoms with E-state index in [4.69, 9.17) is 10.00 Å². The molecule has 1 aliphatic rings. The van der Waals surface area contributed by atoms with Gasteiger partial charge >= 0.3 is 0 Å². The van der Waals surface area contributed by atoms with E-state index in [0.717, 1.165) is 24.9 Å². The summed E-state index contributed by atoms with van der Waals surface area (Å²) in [7, 11) is 2.23. The highest BCUT2D eigenvalue weighted by Crippen LogP contribution is 2.26. The maximum Gasteiger partial charge on any atom is 0.137 e. The summed E-state index contributed by atoms with van der Waals surface area (Å²) < 4.78 is 5.73. The Kier molecular flexibility index (Phi) is 6.07. The van der Waals surface area contributed by atoms with Gasteiger partial charge in [0.2, 0.25) is 0 Å². The minimum Gasteiger partial charge on any atom is -0.492 e. The lowest BCUT2D eigenvalue weighted by molar-refractivity contribution is 0.159. The molecule has 21 heavy (non-hydrogen) atoms. The predicted octanol–water partition coefficient (Wildman–Crippen LogP) is 3.84. The molecule has 0 aliphatic heterocycles. The molecule has 1 aromatic rings. The molecule has 2 rings (SSSR count). The summed E-state index contributed by atoms with van der Waals surface area (Å²) in [5.74, 6) is 1.61. The number of hydrogen-bond donors (Lipinski definition) is 0. The lowest BCUT2D eigenvalue weighted by Crippen LogP contribution is -2.35. The maximum absolute atomic E-state index is 9.02. The molecule has 1 aliphatic carbocycles. The van der Waals surface area contributed by atoms with E-state index in [0.29, 0.717) is 17.9 Å². The summed E-state index contributed by atoms with van der Waals surface area (Å²) >= 11 is 0. The summed E-state index contributed by atoms with van der Waals surface area (Å²) in [5, 5.41) is 9.02. The first-order valence-corrected chi connectivity index (χ1v) is 8.03. The first-order chi connectivity index (χ1) is 10.2. The van der Waals surface area contributed by atoms with Crippen LogP contribution in [0.5, 0.6) is 5.75 Å². The number of ether oxygens (including phenoxy) is 1. The van der Waals surface area contributed by atoms with Crippen LogP contribution in [0.4, 0.5) is 0 Å². The van der Waals surface area contributed by atoms with Crippen molar-refractivity contribution in [1.82, 2.24) is 4.90 Å². The van der Waals surface area contributed by atoms with Gasteiger partial charge in [-0.1, -0.05) is 19.1 Å². The van der Waals surface area contributed by atoms with E-state index in [2.05, 4.69) is 24.9 Å². The van der Waals surface area contributed by atoms with Gasteiger partial charge in [0, 0.05) is 12.6 Å². The van der Waals surface area contributed by atoms with Crippen molar-refractivity contribution >= 4 is 0 Å². The average Bonchev–Trinajstić information content (AvgIpc) is 2.52. The van der Waals surface area contributed by atoms with E-state index in [9.17, 15) is 0 Å². The summed E-state index contributed by atoms with van der Waals surface area (Å²) in [4.78, 5) is 2.48. The van der Waals surface area contributed by atoms with Crippen molar-refractivity contribution in [2.75, 3.05) is 20.2 Å². The van der Waals surface area contributed by atoms with Crippen LogP contribution < -0.4 is 4.74 Å². The number of hydrogen-bond acceptors (Lipinski definition) is 3. The standard InChI is InChI=1S/C18H26N2O/c1-15-8-10-17(11-9-15)20(2)12-5-13-21-18-7-4-3-6-16(18)14-19/h3-4,6-7,15,17H,5,8-13H2,1-2H3. The monoisotopic (exact) mass is 286 g/mol. The molecule has 0 bridgehead atoms. The molecule has 3 nitrogen and oxygen atoms in total. The van der Waals surface area contributed by atoms with Crippen LogP contribution in [0.15, 0.2) is 24.3 Å². The van der Waals surface area contributed by atoms with Crippen LogP contribution in [0.1, 0.15) is 44.6 Å². The fourth-order valence-corrected chi connectivity index (χ4v) is 3.05. The van der Waals surface area contributed by atoms with Gasteiger partial charge in [0.1, 0.15) is 11.8 Å². The van der Waals surface area contributed by atoms with Crippen LogP contribution in [0.25, 0.3) is 0 Å². The lowest BCUT2D eigenvalue weighted by atomic mass is 9.87. The third-order valence-electron chi connectivity index (χ3n) is 4.53. The highest BCUT2D eigenvalue weighted by molar-refractivity contribution is 5.42. The van der Waals surface area contributed by atoms with Crippen LogP contribution in [-0.4, -0.2) is 31.1 Å². The molecule has 0 amide bonds. The molecule has 3 heteroatoms. The molecular formula is C18H26N2O. The van der Waals surface area contributed by atoms with Gasteiger partial charge in [-0.3, -0.25) is 0 Å². The third-order valence-corrected chi connectivity index (χ3v) is 4.53. The van der Waals surface area contributed by atoms with Crippen molar-refractivity contribution in [1.29, 1.82) is 5.26 Å². The smallest absolute Gasteiger partial charge is 0.137 e. The minimum atomic E-state index is 0.618. The molecule has 0 heterocycles. The van der Waals surface area contributed by atoms with Crippen molar-refractivity contribution in [2.45, 2.75) is 45.1 Å². The Labute approximate surface area is 128 Å². The highest BCUT2D eigenvalue weighted by atomic mass is 16.5.